The largest absolute Gasteiger partial charge is 0.416 e. The Morgan fingerprint density at radius 1 is 0.390 bits per heavy atom. The molecule has 0 unspecified atom stereocenters. The van der Waals surface area contributed by atoms with Gasteiger partial charge >= 0.3 is 6.18 Å². The van der Waals surface area contributed by atoms with Crippen molar-refractivity contribution in [1.29, 1.82) is 0 Å². The molecule has 1 heterocycles. The first-order valence-electron chi connectivity index (χ1n) is 19.6. The van der Waals surface area contributed by atoms with Gasteiger partial charge in [-0.15, -0.1) is 0 Å². The summed E-state index contributed by atoms with van der Waals surface area (Å²) in [5.41, 5.74) is 10.8. The van der Waals surface area contributed by atoms with Gasteiger partial charge in [-0.1, -0.05) is 166 Å². The second-order valence-corrected chi connectivity index (χ2v) is 15.5. The van der Waals surface area contributed by atoms with Gasteiger partial charge in [-0.25, -0.2) is 15.0 Å². The van der Waals surface area contributed by atoms with Crippen LogP contribution in [-0.4, -0.2) is 15.0 Å². The van der Waals surface area contributed by atoms with E-state index in [1.165, 1.54) is 12.1 Å². The average Bonchev–Trinajstić information content (AvgIpc) is 3.51. The lowest BCUT2D eigenvalue weighted by atomic mass is 9.81. The van der Waals surface area contributed by atoms with Crippen LogP contribution >= 0.6 is 0 Å². The van der Waals surface area contributed by atoms with Gasteiger partial charge in [0.05, 0.1) is 5.56 Å². The predicted molar refractivity (Wildman–Crippen MR) is 233 cm³/mol. The van der Waals surface area contributed by atoms with Crippen LogP contribution in [0, 0.1) is 0 Å². The fraction of sp³-hybridized carbons (Fsp3) is 0.0755. The Balaban J connectivity index is 1.13. The first-order valence-corrected chi connectivity index (χ1v) is 19.6. The van der Waals surface area contributed by atoms with E-state index in [4.69, 9.17) is 15.0 Å². The van der Waals surface area contributed by atoms with Crippen LogP contribution in [0.3, 0.4) is 0 Å². The van der Waals surface area contributed by atoms with Crippen LogP contribution in [0.4, 0.5) is 13.2 Å². The number of hydrogen-bond acceptors (Lipinski definition) is 3. The van der Waals surface area contributed by atoms with E-state index in [1.807, 2.05) is 109 Å². The molecule has 0 spiro atoms. The van der Waals surface area contributed by atoms with E-state index in [0.717, 1.165) is 77.5 Å². The minimum absolute atomic E-state index is 0.469. The van der Waals surface area contributed by atoms with Crippen LogP contribution in [0.1, 0.15) is 30.5 Å². The van der Waals surface area contributed by atoms with Gasteiger partial charge in [0.2, 0.25) is 0 Å². The SMILES string of the molecule is CC1(C)c2ccc(C(F)(F)F)cc2-c2c(-c3ccccc3-c3cc(-c4cccc(-c5nc(-c6ccccc6)nc(-c6ccccc6)n5)c4)c4ccccc4c3)cccc21. The van der Waals surface area contributed by atoms with Crippen LogP contribution < -0.4 is 0 Å². The molecule has 0 amide bonds. The van der Waals surface area contributed by atoms with E-state index < -0.39 is 17.2 Å². The van der Waals surface area contributed by atoms with Crippen molar-refractivity contribution in [3.63, 3.8) is 0 Å². The topological polar surface area (TPSA) is 38.7 Å². The molecule has 0 fully saturated rings. The number of halogens is 3. The third kappa shape index (κ3) is 6.38. The molecule has 10 rings (SSSR count). The van der Waals surface area contributed by atoms with Crippen molar-refractivity contribution in [2.24, 2.45) is 0 Å². The maximum atomic E-state index is 14.1. The summed E-state index contributed by atoms with van der Waals surface area (Å²) >= 11 is 0. The van der Waals surface area contributed by atoms with Crippen molar-refractivity contribution < 1.29 is 13.2 Å². The van der Waals surface area contributed by atoms with Gasteiger partial charge < -0.3 is 0 Å². The standard InChI is InChI=1S/C53H36F3N3/c1-52(2)46-28-27-39(53(54,55)56)32-45(46)48-43(25-14-26-47(48)52)42-24-12-11-23-41(42)38-30-35-19-9-10-22-40(35)44(31-38)36-20-13-21-37(29-36)51-58-49(33-15-5-3-6-16-33)57-50(59-51)34-17-7-4-8-18-34/h3-32H,1-2H3. The molecule has 3 nitrogen and oxygen atoms in total. The zero-order valence-electron chi connectivity index (χ0n) is 32.3. The molecule has 1 aliphatic carbocycles. The number of aromatic nitrogens is 3. The molecule has 59 heavy (non-hydrogen) atoms. The Morgan fingerprint density at radius 2 is 0.949 bits per heavy atom. The number of hydrogen-bond donors (Lipinski definition) is 0. The first kappa shape index (κ1) is 36.2. The Morgan fingerprint density at radius 3 is 1.64 bits per heavy atom. The molecular formula is C53H36F3N3. The predicted octanol–water partition coefficient (Wildman–Crippen LogP) is 14.4. The smallest absolute Gasteiger partial charge is 0.208 e. The molecular weight excluding hydrogens is 736 g/mol. The highest BCUT2D eigenvalue weighted by Gasteiger charge is 2.40. The van der Waals surface area contributed by atoms with E-state index in [0.29, 0.717) is 23.0 Å². The number of fused-ring (bicyclic) bond motifs is 4. The van der Waals surface area contributed by atoms with Gasteiger partial charge in [-0.2, -0.15) is 13.2 Å². The van der Waals surface area contributed by atoms with E-state index >= 15 is 0 Å². The summed E-state index contributed by atoms with van der Waals surface area (Å²) in [5, 5.41) is 2.16. The van der Waals surface area contributed by atoms with Crippen molar-refractivity contribution in [3.8, 4) is 78.7 Å². The van der Waals surface area contributed by atoms with E-state index in [9.17, 15) is 13.2 Å². The van der Waals surface area contributed by atoms with Crippen molar-refractivity contribution >= 4 is 10.8 Å². The maximum Gasteiger partial charge on any atom is 0.416 e. The van der Waals surface area contributed by atoms with Crippen molar-refractivity contribution in [2.75, 3.05) is 0 Å². The first-order chi connectivity index (χ1) is 28.6. The fourth-order valence-corrected chi connectivity index (χ4v) is 8.64. The maximum absolute atomic E-state index is 14.1. The molecule has 0 saturated heterocycles. The Bertz CT molecular complexity index is 3000. The van der Waals surface area contributed by atoms with Crippen molar-refractivity contribution in [1.82, 2.24) is 15.0 Å². The number of rotatable bonds is 6. The summed E-state index contributed by atoms with van der Waals surface area (Å²) in [6, 6.07) is 59.5. The summed E-state index contributed by atoms with van der Waals surface area (Å²) in [7, 11) is 0. The highest BCUT2D eigenvalue weighted by Crippen LogP contribution is 2.54. The normalized spacial score (nSPS) is 13.0. The van der Waals surface area contributed by atoms with Crippen LogP contribution in [0.2, 0.25) is 0 Å². The van der Waals surface area contributed by atoms with E-state index in [-0.39, 0.29) is 0 Å². The highest BCUT2D eigenvalue weighted by molar-refractivity contribution is 6.03. The molecule has 9 aromatic rings. The lowest BCUT2D eigenvalue weighted by Crippen LogP contribution is -2.15. The summed E-state index contributed by atoms with van der Waals surface area (Å²) in [6.07, 6.45) is -4.45. The molecule has 0 aliphatic heterocycles. The molecule has 284 valence electrons. The van der Waals surface area contributed by atoms with Crippen LogP contribution in [0.5, 0.6) is 0 Å². The third-order valence-corrected chi connectivity index (χ3v) is 11.5. The molecule has 6 heteroatoms. The van der Waals surface area contributed by atoms with Crippen molar-refractivity contribution in [3.05, 3.63) is 199 Å². The zero-order chi connectivity index (χ0) is 40.3. The molecule has 8 aromatic carbocycles. The molecule has 1 aromatic heterocycles. The summed E-state index contributed by atoms with van der Waals surface area (Å²) in [5.74, 6) is 1.76. The Kier molecular flexibility index (Phi) is 8.60. The lowest BCUT2D eigenvalue weighted by Gasteiger charge is -2.22. The summed E-state index contributed by atoms with van der Waals surface area (Å²) in [4.78, 5) is 14.9. The fourth-order valence-electron chi connectivity index (χ4n) is 8.64. The van der Waals surface area contributed by atoms with E-state index in [1.54, 1.807) is 6.07 Å². The molecule has 1 aliphatic rings. The quantitative estimate of drug-likeness (QED) is 0.169. The second kappa shape index (κ2) is 14.0. The van der Waals surface area contributed by atoms with Crippen molar-refractivity contribution in [2.45, 2.75) is 25.4 Å². The van der Waals surface area contributed by atoms with Gasteiger partial charge in [0.1, 0.15) is 0 Å². The molecule has 0 saturated carbocycles. The summed E-state index contributed by atoms with van der Waals surface area (Å²) in [6.45, 7) is 4.18. The van der Waals surface area contributed by atoms with Gasteiger partial charge in [0.15, 0.2) is 17.5 Å². The Labute approximate surface area is 340 Å². The highest BCUT2D eigenvalue weighted by atomic mass is 19.4. The molecule has 0 N–H and O–H groups in total. The van der Waals surface area contributed by atoms with Gasteiger partial charge in [0, 0.05) is 22.1 Å². The van der Waals surface area contributed by atoms with Gasteiger partial charge in [-0.05, 0) is 96.7 Å². The molecule has 0 radical (unpaired) electrons. The Hall–Kier alpha value is -7.18. The number of benzene rings is 8. The summed E-state index contributed by atoms with van der Waals surface area (Å²) < 4.78 is 42.4. The van der Waals surface area contributed by atoms with Crippen LogP contribution in [-0.2, 0) is 11.6 Å². The van der Waals surface area contributed by atoms with E-state index in [2.05, 4.69) is 68.4 Å². The van der Waals surface area contributed by atoms with Gasteiger partial charge in [-0.3, -0.25) is 0 Å². The number of alkyl halides is 3. The van der Waals surface area contributed by atoms with Crippen LogP contribution in [0.15, 0.2) is 182 Å². The third-order valence-electron chi connectivity index (χ3n) is 11.5. The van der Waals surface area contributed by atoms with Gasteiger partial charge in [0.25, 0.3) is 0 Å². The van der Waals surface area contributed by atoms with Crippen LogP contribution in [0.25, 0.3) is 89.4 Å². The molecule has 0 atom stereocenters. The molecule has 0 bridgehead atoms. The minimum atomic E-state index is -4.45. The number of nitrogens with zero attached hydrogens (tertiary/aromatic N) is 3. The zero-order valence-corrected chi connectivity index (χ0v) is 32.3. The monoisotopic (exact) mass is 771 g/mol. The average molecular weight is 772 g/mol. The minimum Gasteiger partial charge on any atom is -0.208 e. The lowest BCUT2D eigenvalue weighted by molar-refractivity contribution is -0.137. The second-order valence-electron chi connectivity index (χ2n) is 15.5.